The summed E-state index contributed by atoms with van der Waals surface area (Å²) in [5.41, 5.74) is 2.13. The SMILES string of the molecule is CN1CCN(C(=O)Nc2cc3cc(-c4cncn4C)ccc3cn2)CC1. The highest BCUT2D eigenvalue weighted by Gasteiger charge is 2.19. The number of piperazine rings is 1. The van der Waals surface area contributed by atoms with Crippen molar-refractivity contribution in [2.45, 2.75) is 0 Å². The lowest BCUT2D eigenvalue weighted by Gasteiger charge is -2.32. The minimum Gasteiger partial charge on any atom is -0.334 e. The average molecular weight is 350 g/mol. The maximum atomic E-state index is 12.5. The van der Waals surface area contributed by atoms with Gasteiger partial charge in [0.05, 0.1) is 18.2 Å². The van der Waals surface area contributed by atoms with Crippen LogP contribution in [0.1, 0.15) is 0 Å². The monoisotopic (exact) mass is 350 g/mol. The first-order valence-electron chi connectivity index (χ1n) is 8.71. The van der Waals surface area contributed by atoms with Gasteiger partial charge in [-0.25, -0.2) is 14.8 Å². The Balaban J connectivity index is 1.56. The summed E-state index contributed by atoms with van der Waals surface area (Å²) >= 11 is 0. The van der Waals surface area contributed by atoms with Gasteiger partial charge < -0.3 is 14.4 Å². The van der Waals surface area contributed by atoms with Crippen LogP contribution in [0.25, 0.3) is 22.0 Å². The van der Waals surface area contributed by atoms with Crippen molar-refractivity contribution in [3.8, 4) is 11.3 Å². The second-order valence-corrected chi connectivity index (χ2v) is 6.74. The second kappa shape index (κ2) is 6.76. The molecule has 0 spiro atoms. The molecule has 1 N–H and O–H groups in total. The molecule has 26 heavy (non-hydrogen) atoms. The van der Waals surface area contributed by atoms with Gasteiger partial charge in [-0.15, -0.1) is 0 Å². The normalized spacial score (nSPS) is 15.4. The molecule has 134 valence electrons. The van der Waals surface area contributed by atoms with Gasteiger partial charge in [0.25, 0.3) is 0 Å². The van der Waals surface area contributed by atoms with Crippen LogP contribution in [0.5, 0.6) is 0 Å². The molecular weight excluding hydrogens is 328 g/mol. The Morgan fingerprint density at radius 3 is 2.58 bits per heavy atom. The number of rotatable bonds is 2. The number of pyridine rings is 1. The summed E-state index contributed by atoms with van der Waals surface area (Å²) in [4.78, 5) is 25.1. The summed E-state index contributed by atoms with van der Waals surface area (Å²) in [6.07, 6.45) is 5.42. The second-order valence-electron chi connectivity index (χ2n) is 6.74. The maximum absolute atomic E-state index is 12.5. The molecule has 7 nitrogen and oxygen atoms in total. The van der Waals surface area contributed by atoms with E-state index in [-0.39, 0.29) is 6.03 Å². The first-order valence-corrected chi connectivity index (χ1v) is 8.71. The lowest BCUT2D eigenvalue weighted by Crippen LogP contribution is -2.48. The number of benzene rings is 1. The Bertz CT molecular complexity index is 942. The molecule has 0 unspecified atom stereocenters. The smallest absolute Gasteiger partial charge is 0.323 e. The fraction of sp³-hybridized carbons (Fsp3) is 0.316. The van der Waals surface area contributed by atoms with Crippen molar-refractivity contribution >= 4 is 22.6 Å². The summed E-state index contributed by atoms with van der Waals surface area (Å²) in [5, 5.41) is 4.99. The number of hydrogen-bond donors (Lipinski definition) is 1. The van der Waals surface area contributed by atoms with Gasteiger partial charge in [-0.05, 0) is 24.6 Å². The van der Waals surface area contributed by atoms with Gasteiger partial charge in [-0.1, -0.05) is 12.1 Å². The van der Waals surface area contributed by atoms with Crippen LogP contribution in [0.3, 0.4) is 0 Å². The third-order valence-electron chi connectivity index (χ3n) is 4.86. The zero-order valence-electron chi connectivity index (χ0n) is 15.0. The van der Waals surface area contributed by atoms with Crippen molar-refractivity contribution in [3.63, 3.8) is 0 Å². The van der Waals surface area contributed by atoms with E-state index < -0.39 is 0 Å². The lowest BCUT2D eigenvalue weighted by atomic mass is 10.1. The van der Waals surface area contributed by atoms with Crippen LogP contribution >= 0.6 is 0 Å². The van der Waals surface area contributed by atoms with Gasteiger partial charge in [-0.3, -0.25) is 5.32 Å². The van der Waals surface area contributed by atoms with E-state index in [1.165, 1.54) is 0 Å². The predicted octanol–water partition coefficient (Wildman–Crippen LogP) is 2.41. The fourth-order valence-corrected chi connectivity index (χ4v) is 3.20. The van der Waals surface area contributed by atoms with Crippen molar-refractivity contribution < 1.29 is 4.79 Å². The van der Waals surface area contributed by atoms with Crippen LogP contribution in [0.2, 0.25) is 0 Å². The standard InChI is InChI=1S/C19H22N6O/c1-23-5-7-25(8-6-23)19(26)22-18-10-16-9-14(3-4-15(16)11-21-18)17-12-20-13-24(17)2/h3-4,9-13H,5-8H2,1-2H3,(H,21,22,26). The van der Waals surface area contributed by atoms with Crippen molar-refractivity contribution in [2.75, 3.05) is 38.5 Å². The van der Waals surface area contributed by atoms with E-state index in [4.69, 9.17) is 0 Å². The van der Waals surface area contributed by atoms with Crippen LogP contribution in [0.15, 0.2) is 43.0 Å². The molecule has 1 aromatic carbocycles. The van der Waals surface area contributed by atoms with Crippen molar-refractivity contribution in [1.29, 1.82) is 0 Å². The van der Waals surface area contributed by atoms with Gasteiger partial charge in [0, 0.05) is 50.4 Å². The minimum absolute atomic E-state index is 0.0901. The number of anilines is 1. The topological polar surface area (TPSA) is 66.3 Å². The quantitative estimate of drug-likeness (QED) is 0.771. The highest BCUT2D eigenvalue weighted by Crippen LogP contribution is 2.25. The van der Waals surface area contributed by atoms with E-state index in [9.17, 15) is 4.79 Å². The molecule has 4 rings (SSSR count). The van der Waals surface area contributed by atoms with Gasteiger partial charge in [0.1, 0.15) is 5.82 Å². The summed E-state index contributed by atoms with van der Waals surface area (Å²) in [7, 11) is 4.04. The molecule has 1 aliphatic rings. The van der Waals surface area contributed by atoms with E-state index in [1.54, 1.807) is 12.5 Å². The molecule has 0 saturated carbocycles. The lowest BCUT2D eigenvalue weighted by molar-refractivity contribution is 0.164. The number of nitrogens with zero attached hydrogens (tertiary/aromatic N) is 5. The number of carbonyl (C=O) groups is 1. The van der Waals surface area contributed by atoms with Crippen LogP contribution < -0.4 is 5.32 Å². The molecular formula is C19H22N6O. The van der Waals surface area contributed by atoms with Gasteiger partial charge >= 0.3 is 6.03 Å². The Kier molecular flexibility index (Phi) is 4.30. The summed E-state index contributed by atoms with van der Waals surface area (Å²) < 4.78 is 1.98. The molecule has 0 bridgehead atoms. The molecule has 2 amide bonds. The van der Waals surface area contributed by atoms with Crippen LogP contribution in [-0.2, 0) is 7.05 Å². The van der Waals surface area contributed by atoms with Crippen LogP contribution in [0.4, 0.5) is 10.6 Å². The highest BCUT2D eigenvalue weighted by molar-refractivity contribution is 5.93. The largest absolute Gasteiger partial charge is 0.334 e. The van der Waals surface area contributed by atoms with Crippen LogP contribution in [0, 0.1) is 0 Å². The summed E-state index contributed by atoms with van der Waals surface area (Å²) in [6, 6.07) is 8.02. The van der Waals surface area contributed by atoms with E-state index in [0.29, 0.717) is 5.82 Å². The number of likely N-dealkylation sites (N-methyl/N-ethyl adjacent to an activating group) is 1. The molecule has 3 aromatic rings. The molecule has 3 heterocycles. The van der Waals surface area contributed by atoms with Gasteiger partial charge in [0.2, 0.25) is 0 Å². The van der Waals surface area contributed by atoms with E-state index >= 15 is 0 Å². The van der Waals surface area contributed by atoms with E-state index in [1.807, 2.05) is 34.8 Å². The zero-order chi connectivity index (χ0) is 18.1. The third-order valence-corrected chi connectivity index (χ3v) is 4.86. The molecule has 0 aliphatic carbocycles. The van der Waals surface area contributed by atoms with Gasteiger partial charge in [0.15, 0.2) is 0 Å². The fourth-order valence-electron chi connectivity index (χ4n) is 3.20. The minimum atomic E-state index is -0.0901. The summed E-state index contributed by atoms with van der Waals surface area (Å²) in [6.45, 7) is 3.26. The molecule has 1 fully saturated rings. The highest BCUT2D eigenvalue weighted by atomic mass is 16.2. The number of aryl methyl sites for hydroxylation is 1. The molecule has 0 atom stereocenters. The van der Waals surface area contributed by atoms with Crippen molar-refractivity contribution in [3.05, 3.63) is 43.0 Å². The first-order chi connectivity index (χ1) is 12.6. The van der Waals surface area contributed by atoms with Crippen LogP contribution in [-0.4, -0.2) is 63.6 Å². The average Bonchev–Trinajstić information content (AvgIpc) is 3.07. The number of carbonyl (C=O) groups excluding carboxylic acids is 1. The molecule has 2 aromatic heterocycles. The number of nitrogens with one attached hydrogen (secondary N) is 1. The first kappa shape index (κ1) is 16.5. The Labute approximate surface area is 152 Å². The third kappa shape index (κ3) is 3.25. The summed E-state index contributed by atoms with van der Waals surface area (Å²) in [5.74, 6) is 0.573. The van der Waals surface area contributed by atoms with E-state index in [2.05, 4.69) is 39.4 Å². The number of hydrogen-bond acceptors (Lipinski definition) is 4. The predicted molar refractivity (Wildman–Crippen MR) is 102 cm³/mol. The number of fused-ring (bicyclic) bond motifs is 1. The zero-order valence-corrected chi connectivity index (χ0v) is 15.0. The number of amides is 2. The Hall–Kier alpha value is -2.93. The Morgan fingerprint density at radius 1 is 1.04 bits per heavy atom. The number of imidazole rings is 1. The maximum Gasteiger partial charge on any atom is 0.323 e. The van der Waals surface area contributed by atoms with Crippen molar-refractivity contribution in [1.82, 2.24) is 24.3 Å². The van der Waals surface area contributed by atoms with Gasteiger partial charge in [-0.2, -0.15) is 0 Å². The number of aromatic nitrogens is 3. The van der Waals surface area contributed by atoms with Crippen molar-refractivity contribution in [2.24, 2.45) is 7.05 Å². The Morgan fingerprint density at radius 2 is 1.85 bits per heavy atom. The van der Waals surface area contributed by atoms with E-state index in [0.717, 1.165) is 48.2 Å². The molecule has 7 heteroatoms. The molecule has 1 aliphatic heterocycles. The number of urea groups is 1. The molecule has 0 radical (unpaired) electrons. The molecule has 1 saturated heterocycles.